The van der Waals surface area contributed by atoms with Gasteiger partial charge in [-0.15, -0.1) is 0 Å². The average Bonchev–Trinajstić information content (AvgIpc) is 2.32. The molecule has 1 aromatic carbocycles. The fraction of sp³-hybridized carbons (Fsp3) is 0.200. The lowest BCUT2D eigenvalue weighted by atomic mass is 10.2. The van der Waals surface area contributed by atoms with Crippen LogP contribution in [0.2, 0.25) is 5.02 Å². The standard InChI is InChI=1S/C10H9ClN2O5/c1-18-9(14)5-12-4-6-2-7(11)3-8(10(6)15)13(16)17/h2-4,15H,5H2,1H3/p-1. The smallest absolute Gasteiger partial charge is 0.327 e. The van der Waals surface area contributed by atoms with Crippen molar-refractivity contribution in [3.8, 4) is 5.75 Å². The van der Waals surface area contributed by atoms with Crippen LogP contribution in [0, 0.1) is 10.1 Å². The summed E-state index contributed by atoms with van der Waals surface area (Å²) in [6, 6.07) is 2.19. The molecule has 0 saturated carbocycles. The van der Waals surface area contributed by atoms with Crippen LogP contribution in [-0.4, -0.2) is 30.8 Å². The van der Waals surface area contributed by atoms with E-state index in [0.29, 0.717) is 0 Å². The number of rotatable bonds is 4. The molecule has 0 atom stereocenters. The molecule has 18 heavy (non-hydrogen) atoms. The van der Waals surface area contributed by atoms with Gasteiger partial charge in [0.05, 0.1) is 12.0 Å². The molecule has 0 N–H and O–H groups in total. The van der Waals surface area contributed by atoms with Gasteiger partial charge in [-0.2, -0.15) is 0 Å². The number of hydrogen-bond acceptors (Lipinski definition) is 6. The number of methoxy groups -OCH3 is 1. The van der Waals surface area contributed by atoms with E-state index in [0.717, 1.165) is 12.3 Å². The SMILES string of the molecule is COC(=O)CN=Cc1cc(Cl)cc([N+](=O)[O-])c1[O-]. The lowest BCUT2D eigenvalue weighted by molar-refractivity contribution is -0.398. The van der Waals surface area contributed by atoms with E-state index in [1.54, 1.807) is 0 Å². The van der Waals surface area contributed by atoms with Crippen LogP contribution in [-0.2, 0) is 9.53 Å². The number of ether oxygens (including phenoxy) is 1. The summed E-state index contributed by atoms with van der Waals surface area (Å²) >= 11 is 5.64. The van der Waals surface area contributed by atoms with Gasteiger partial charge in [-0.3, -0.25) is 19.9 Å². The zero-order valence-electron chi connectivity index (χ0n) is 9.25. The lowest BCUT2D eigenvalue weighted by Gasteiger charge is -2.10. The summed E-state index contributed by atoms with van der Waals surface area (Å²) in [5.41, 5.74) is -0.694. The van der Waals surface area contributed by atoms with Crippen LogP contribution in [0.1, 0.15) is 5.56 Å². The highest BCUT2D eigenvalue weighted by Gasteiger charge is 2.11. The first-order chi connectivity index (χ1) is 8.45. The van der Waals surface area contributed by atoms with Crippen molar-refractivity contribution in [3.05, 3.63) is 32.8 Å². The molecule has 0 aliphatic heterocycles. The minimum absolute atomic E-state index is 0.0424. The fourth-order valence-electron chi connectivity index (χ4n) is 1.11. The van der Waals surface area contributed by atoms with E-state index < -0.39 is 22.3 Å². The number of nitro benzene ring substituents is 1. The summed E-state index contributed by atoms with van der Waals surface area (Å²) in [5, 5.41) is 22.2. The normalized spacial score (nSPS) is 10.6. The molecule has 0 amide bonds. The number of nitrogens with zero attached hydrogens (tertiary/aromatic N) is 2. The van der Waals surface area contributed by atoms with Gasteiger partial charge in [-0.1, -0.05) is 11.6 Å². The van der Waals surface area contributed by atoms with E-state index in [1.807, 2.05) is 0 Å². The molecular weight excluding hydrogens is 264 g/mol. The number of esters is 1. The quantitative estimate of drug-likeness (QED) is 0.350. The number of nitro groups is 1. The maximum atomic E-state index is 11.6. The van der Waals surface area contributed by atoms with Crippen LogP contribution in [0.3, 0.4) is 0 Å². The Morgan fingerprint density at radius 1 is 1.61 bits per heavy atom. The third-order valence-corrected chi connectivity index (χ3v) is 2.16. The van der Waals surface area contributed by atoms with Crippen LogP contribution >= 0.6 is 11.6 Å². The Labute approximate surface area is 107 Å². The van der Waals surface area contributed by atoms with Crippen LogP contribution in [0.15, 0.2) is 17.1 Å². The summed E-state index contributed by atoms with van der Waals surface area (Å²) in [7, 11) is 1.20. The Kier molecular flexibility index (Phi) is 4.61. The highest BCUT2D eigenvalue weighted by atomic mass is 35.5. The van der Waals surface area contributed by atoms with E-state index >= 15 is 0 Å². The predicted octanol–water partition coefficient (Wildman–Crippen LogP) is 0.914. The van der Waals surface area contributed by atoms with Crippen molar-refractivity contribution < 1.29 is 19.6 Å². The molecule has 0 spiro atoms. The van der Waals surface area contributed by atoms with Crippen molar-refractivity contribution in [1.82, 2.24) is 0 Å². The average molecular weight is 272 g/mol. The highest BCUT2D eigenvalue weighted by molar-refractivity contribution is 6.31. The summed E-state index contributed by atoms with van der Waals surface area (Å²) in [6.45, 7) is -0.281. The van der Waals surface area contributed by atoms with Gasteiger partial charge in [0.15, 0.2) is 0 Å². The number of halogens is 1. The minimum atomic E-state index is -0.828. The Balaban J connectivity index is 3.02. The topological polar surface area (TPSA) is 105 Å². The Bertz CT molecular complexity index is 515. The van der Waals surface area contributed by atoms with Crippen molar-refractivity contribution in [3.63, 3.8) is 0 Å². The number of benzene rings is 1. The van der Waals surface area contributed by atoms with Crippen molar-refractivity contribution in [1.29, 1.82) is 0 Å². The summed E-state index contributed by atoms with van der Waals surface area (Å²) in [4.78, 5) is 24.2. The maximum Gasteiger partial charge on any atom is 0.327 e. The molecule has 0 bridgehead atoms. The molecule has 0 unspecified atom stereocenters. The third-order valence-electron chi connectivity index (χ3n) is 1.94. The van der Waals surface area contributed by atoms with Crippen molar-refractivity contribution in [2.75, 3.05) is 13.7 Å². The first-order valence-electron chi connectivity index (χ1n) is 4.67. The molecule has 0 aliphatic carbocycles. The van der Waals surface area contributed by atoms with E-state index in [4.69, 9.17) is 11.6 Å². The molecule has 0 aromatic heterocycles. The number of carbonyl (C=O) groups excluding carboxylic acids is 1. The molecule has 8 heteroatoms. The van der Waals surface area contributed by atoms with Gasteiger partial charge in [0.1, 0.15) is 6.54 Å². The van der Waals surface area contributed by atoms with Gasteiger partial charge in [0.25, 0.3) is 5.69 Å². The van der Waals surface area contributed by atoms with E-state index in [2.05, 4.69) is 9.73 Å². The second kappa shape index (κ2) is 5.97. The van der Waals surface area contributed by atoms with E-state index in [-0.39, 0.29) is 17.1 Å². The lowest BCUT2D eigenvalue weighted by Crippen LogP contribution is -2.06. The van der Waals surface area contributed by atoms with E-state index in [9.17, 15) is 20.0 Å². The van der Waals surface area contributed by atoms with E-state index in [1.165, 1.54) is 13.2 Å². The maximum absolute atomic E-state index is 11.6. The Morgan fingerprint density at radius 3 is 2.83 bits per heavy atom. The Morgan fingerprint density at radius 2 is 2.28 bits per heavy atom. The molecule has 0 radical (unpaired) electrons. The molecule has 0 aliphatic rings. The van der Waals surface area contributed by atoms with Crippen molar-refractivity contribution in [2.45, 2.75) is 0 Å². The van der Waals surface area contributed by atoms with Crippen molar-refractivity contribution in [2.24, 2.45) is 4.99 Å². The molecule has 0 heterocycles. The molecular formula is C10H8ClN2O5-. The van der Waals surface area contributed by atoms with Gasteiger partial charge in [-0.05, 0) is 17.4 Å². The molecule has 1 aromatic rings. The fourth-order valence-corrected chi connectivity index (χ4v) is 1.34. The van der Waals surface area contributed by atoms with Crippen molar-refractivity contribution >= 4 is 29.5 Å². The molecule has 96 valence electrons. The number of aliphatic imine (C=N–C) groups is 1. The zero-order valence-corrected chi connectivity index (χ0v) is 10.0. The van der Waals surface area contributed by atoms with Crippen LogP contribution in [0.5, 0.6) is 5.75 Å². The first kappa shape index (κ1) is 13.9. The predicted molar refractivity (Wildman–Crippen MR) is 62.0 cm³/mol. The second-order valence-electron chi connectivity index (χ2n) is 3.15. The third kappa shape index (κ3) is 3.42. The summed E-state index contributed by atoms with van der Waals surface area (Å²) in [6.07, 6.45) is 1.05. The highest BCUT2D eigenvalue weighted by Crippen LogP contribution is 2.29. The van der Waals surface area contributed by atoms with Gasteiger partial charge in [0.2, 0.25) is 0 Å². The Hall–Kier alpha value is -2.15. The first-order valence-corrected chi connectivity index (χ1v) is 5.05. The van der Waals surface area contributed by atoms with Gasteiger partial charge < -0.3 is 9.84 Å². The summed E-state index contributed by atoms with van der Waals surface area (Å²) < 4.78 is 4.34. The van der Waals surface area contributed by atoms with Crippen LogP contribution < -0.4 is 5.11 Å². The molecule has 1 rings (SSSR count). The molecule has 0 fully saturated rings. The van der Waals surface area contributed by atoms with Crippen LogP contribution in [0.25, 0.3) is 0 Å². The molecule has 0 saturated heterocycles. The summed E-state index contributed by atoms with van der Waals surface area (Å²) in [5.74, 6) is -1.40. The van der Waals surface area contributed by atoms with Gasteiger partial charge >= 0.3 is 5.97 Å². The van der Waals surface area contributed by atoms with Crippen LogP contribution in [0.4, 0.5) is 5.69 Å². The molecule has 7 nitrogen and oxygen atoms in total. The number of carbonyl (C=O) groups is 1. The van der Waals surface area contributed by atoms with Gasteiger partial charge in [0, 0.05) is 17.3 Å². The zero-order chi connectivity index (χ0) is 13.7. The number of hydrogen-bond donors (Lipinski definition) is 0. The largest absolute Gasteiger partial charge is 0.867 e. The van der Waals surface area contributed by atoms with Gasteiger partial charge in [-0.25, -0.2) is 0 Å². The minimum Gasteiger partial charge on any atom is -0.867 e. The monoisotopic (exact) mass is 271 g/mol. The second-order valence-corrected chi connectivity index (χ2v) is 3.58.